The van der Waals surface area contributed by atoms with E-state index in [1.807, 2.05) is 74.3 Å². The molecule has 2 amide bonds. The molecule has 39 heavy (non-hydrogen) atoms. The summed E-state index contributed by atoms with van der Waals surface area (Å²) < 4.78 is 0. The summed E-state index contributed by atoms with van der Waals surface area (Å²) in [7, 11) is 1.96. The van der Waals surface area contributed by atoms with Gasteiger partial charge in [0.15, 0.2) is 5.82 Å². The molecule has 206 valence electrons. The third-order valence-corrected chi connectivity index (χ3v) is 7.67. The fourth-order valence-electron chi connectivity index (χ4n) is 5.12. The number of benzene rings is 2. The average Bonchev–Trinajstić information content (AvgIpc) is 3.71. The fourth-order valence-corrected chi connectivity index (χ4v) is 5.12. The van der Waals surface area contributed by atoms with Crippen molar-refractivity contribution in [3.63, 3.8) is 0 Å². The van der Waals surface area contributed by atoms with Crippen LogP contribution in [0.25, 0.3) is 22.4 Å². The van der Waals surface area contributed by atoms with Crippen molar-refractivity contribution in [1.82, 2.24) is 15.1 Å². The molecule has 0 spiro atoms. The maximum atomic E-state index is 11.7. The topological polar surface area (TPSA) is 101 Å². The number of nitrogens with zero attached hydrogens (tertiary/aromatic N) is 3. The van der Waals surface area contributed by atoms with Crippen molar-refractivity contribution in [2.75, 3.05) is 12.4 Å². The van der Waals surface area contributed by atoms with Crippen LogP contribution in [0.1, 0.15) is 71.3 Å². The molecule has 2 saturated carbocycles. The van der Waals surface area contributed by atoms with Gasteiger partial charge in [-0.15, -0.1) is 10.2 Å². The number of rotatable bonds is 6. The van der Waals surface area contributed by atoms with E-state index in [2.05, 4.69) is 27.6 Å². The van der Waals surface area contributed by atoms with E-state index < -0.39 is 0 Å². The molecule has 2 aliphatic carbocycles. The zero-order valence-electron chi connectivity index (χ0n) is 23.6. The highest BCUT2D eigenvalue weighted by molar-refractivity contribution is 5.90. The van der Waals surface area contributed by atoms with Gasteiger partial charge in [0.1, 0.15) is 5.69 Å². The molecule has 7 nitrogen and oxygen atoms in total. The predicted octanol–water partition coefficient (Wildman–Crippen LogP) is 6.15. The Bertz CT molecular complexity index is 1260. The van der Waals surface area contributed by atoms with Gasteiger partial charge in [-0.1, -0.05) is 87.7 Å². The molecule has 5 rings (SSSR count). The second-order valence-corrected chi connectivity index (χ2v) is 11.2. The van der Waals surface area contributed by atoms with Crippen LogP contribution in [0.4, 0.5) is 5.82 Å². The van der Waals surface area contributed by atoms with Crippen LogP contribution < -0.4 is 11.1 Å². The first-order chi connectivity index (χ1) is 18.7. The van der Waals surface area contributed by atoms with E-state index in [0.717, 1.165) is 40.8 Å². The lowest BCUT2D eigenvalue weighted by atomic mass is 9.94. The van der Waals surface area contributed by atoms with Crippen LogP contribution in [0.2, 0.25) is 0 Å². The van der Waals surface area contributed by atoms with Crippen molar-refractivity contribution < 1.29 is 9.59 Å². The van der Waals surface area contributed by atoms with E-state index in [4.69, 9.17) is 5.73 Å². The molecule has 7 heteroatoms. The van der Waals surface area contributed by atoms with E-state index in [1.54, 1.807) is 0 Å². The van der Waals surface area contributed by atoms with Crippen LogP contribution in [-0.2, 0) is 15.1 Å². The fraction of sp³-hybridized carbons (Fsp3) is 0.438. The van der Waals surface area contributed by atoms with Gasteiger partial charge in [0.05, 0.1) is 0 Å². The first kappa shape index (κ1) is 28.4. The lowest BCUT2D eigenvalue weighted by molar-refractivity contribution is -0.135. The first-order valence-electron chi connectivity index (χ1n) is 14.0. The van der Waals surface area contributed by atoms with Gasteiger partial charge in [-0.05, 0) is 42.9 Å². The predicted molar refractivity (Wildman–Crippen MR) is 157 cm³/mol. The Hall–Kier alpha value is -3.58. The Morgan fingerprint density at radius 1 is 0.949 bits per heavy atom. The standard InChI is InChI=1S/C21H20N4O.C11H21NO/c1-14(26)23-19-13-18(15-5-3-2-4-6-15)20(25-24-19)16-7-9-17(10-8-16)21(22)11-12-21;1-9(2)11(13)12(3)10-7-5-4-6-8-10/h2-10,13H,11-12,22H2,1H3,(H,23,24,26);9-10H,4-8H2,1-3H3. The second kappa shape index (κ2) is 12.5. The maximum Gasteiger partial charge on any atom is 0.225 e. The Morgan fingerprint density at radius 2 is 1.59 bits per heavy atom. The zero-order valence-corrected chi connectivity index (χ0v) is 23.6. The van der Waals surface area contributed by atoms with Crippen LogP contribution in [0.5, 0.6) is 0 Å². The molecule has 0 unspecified atom stereocenters. The molecule has 3 N–H and O–H groups in total. The molecular formula is C32H41N5O2. The number of hydrogen-bond acceptors (Lipinski definition) is 5. The largest absolute Gasteiger partial charge is 0.343 e. The minimum Gasteiger partial charge on any atom is -0.343 e. The normalized spacial score (nSPS) is 16.2. The molecule has 0 radical (unpaired) electrons. The van der Waals surface area contributed by atoms with Gasteiger partial charge < -0.3 is 16.0 Å². The van der Waals surface area contributed by atoms with Gasteiger partial charge in [0, 0.05) is 42.6 Å². The number of nitrogens with one attached hydrogen (secondary N) is 1. The van der Waals surface area contributed by atoms with E-state index in [-0.39, 0.29) is 17.4 Å². The highest BCUT2D eigenvalue weighted by Crippen LogP contribution is 2.43. The zero-order chi connectivity index (χ0) is 28.0. The molecule has 2 aliphatic rings. The van der Waals surface area contributed by atoms with Crippen LogP contribution in [0.3, 0.4) is 0 Å². The number of carbonyl (C=O) groups is 2. The summed E-state index contributed by atoms with van der Waals surface area (Å²) in [5, 5.41) is 11.2. The lowest BCUT2D eigenvalue weighted by Crippen LogP contribution is -2.40. The van der Waals surface area contributed by atoms with E-state index in [9.17, 15) is 9.59 Å². The van der Waals surface area contributed by atoms with Gasteiger partial charge in [0.2, 0.25) is 11.8 Å². The number of amides is 2. The van der Waals surface area contributed by atoms with E-state index >= 15 is 0 Å². The van der Waals surface area contributed by atoms with Gasteiger partial charge in [-0.25, -0.2) is 0 Å². The van der Waals surface area contributed by atoms with Gasteiger partial charge in [-0.3, -0.25) is 9.59 Å². The molecule has 1 heterocycles. The Labute approximate surface area is 232 Å². The summed E-state index contributed by atoms with van der Waals surface area (Å²) in [5.74, 6) is 0.711. The SMILES string of the molecule is CC(=O)Nc1cc(-c2ccccc2)c(-c2ccc(C3(N)CC3)cc2)nn1.CC(C)C(=O)N(C)C1CCCCC1. The van der Waals surface area contributed by atoms with Crippen molar-refractivity contribution >= 4 is 17.6 Å². The number of carbonyl (C=O) groups excluding carboxylic acids is 2. The van der Waals surface area contributed by atoms with Crippen LogP contribution in [-0.4, -0.2) is 40.0 Å². The number of anilines is 1. The first-order valence-corrected chi connectivity index (χ1v) is 14.0. The van der Waals surface area contributed by atoms with Crippen molar-refractivity contribution in [3.05, 3.63) is 66.2 Å². The second-order valence-electron chi connectivity index (χ2n) is 11.2. The van der Waals surface area contributed by atoms with Gasteiger partial charge >= 0.3 is 0 Å². The summed E-state index contributed by atoms with van der Waals surface area (Å²) >= 11 is 0. The molecule has 0 saturated heterocycles. The van der Waals surface area contributed by atoms with Crippen molar-refractivity contribution in [2.45, 2.75) is 77.3 Å². The molecule has 1 aromatic heterocycles. The highest BCUT2D eigenvalue weighted by atomic mass is 16.2. The maximum absolute atomic E-state index is 11.7. The molecular weight excluding hydrogens is 486 g/mol. The Morgan fingerprint density at radius 3 is 2.15 bits per heavy atom. The smallest absolute Gasteiger partial charge is 0.225 e. The van der Waals surface area contributed by atoms with Crippen molar-refractivity contribution in [2.24, 2.45) is 11.7 Å². The third-order valence-electron chi connectivity index (χ3n) is 7.67. The molecule has 3 aromatic rings. The van der Waals surface area contributed by atoms with E-state index in [0.29, 0.717) is 17.8 Å². The Balaban J connectivity index is 0.000000229. The molecule has 2 fully saturated rings. The minimum absolute atomic E-state index is 0.145. The quantitative estimate of drug-likeness (QED) is 0.400. The van der Waals surface area contributed by atoms with Gasteiger partial charge in [0.25, 0.3) is 0 Å². The summed E-state index contributed by atoms with van der Waals surface area (Å²) in [4.78, 5) is 25.0. The highest BCUT2D eigenvalue weighted by Gasteiger charge is 2.39. The molecule has 0 aliphatic heterocycles. The van der Waals surface area contributed by atoms with Crippen molar-refractivity contribution in [3.8, 4) is 22.4 Å². The number of nitrogens with two attached hydrogens (primary N) is 1. The molecule has 0 bridgehead atoms. The van der Waals surface area contributed by atoms with Crippen LogP contribution in [0, 0.1) is 5.92 Å². The molecule has 2 aromatic carbocycles. The Kier molecular flexibility index (Phi) is 9.12. The molecule has 0 atom stereocenters. The van der Waals surface area contributed by atoms with E-state index in [1.165, 1.54) is 39.0 Å². The number of hydrogen-bond donors (Lipinski definition) is 2. The van der Waals surface area contributed by atoms with Crippen LogP contribution in [0.15, 0.2) is 60.7 Å². The summed E-state index contributed by atoms with van der Waals surface area (Å²) in [6, 6.07) is 20.6. The van der Waals surface area contributed by atoms with Crippen molar-refractivity contribution in [1.29, 1.82) is 0 Å². The third kappa shape index (κ3) is 7.30. The minimum atomic E-state index is -0.173. The summed E-state index contributed by atoms with van der Waals surface area (Å²) in [6.45, 7) is 5.40. The van der Waals surface area contributed by atoms with Gasteiger partial charge in [-0.2, -0.15) is 0 Å². The number of aromatic nitrogens is 2. The monoisotopic (exact) mass is 527 g/mol. The average molecular weight is 528 g/mol. The summed E-state index contributed by atoms with van der Waals surface area (Å²) in [6.07, 6.45) is 8.41. The summed E-state index contributed by atoms with van der Waals surface area (Å²) in [5.41, 5.74) is 11.0. The van der Waals surface area contributed by atoms with Crippen LogP contribution >= 0.6 is 0 Å². The lowest BCUT2D eigenvalue weighted by Gasteiger charge is -2.32.